The van der Waals surface area contributed by atoms with Crippen molar-refractivity contribution in [2.45, 2.75) is 24.9 Å². The van der Waals surface area contributed by atoms with Crippen molar-refractivity contribution in [3.8, 4) is 0 Å². The highest BCUT2D eigenvalue weighted by atomic mass is 19.4. The first-order chi connectivity index (χ1) is 7.79. The molecule has 0 radical (unpaired) electrons. The summed E-state index contributed by atoms with van der Waals surface area (Å²) >= 11 is 0. The van der Waals surface area contributed by atoms with Crippen molar-refractivity contribution in [1.29, 1.82) is 0 Å². The van der Waals surface area contributed by atoms with E-state index in [1.807, 2.05) is 0 Å². The maximum absolute atomic E-state index is 13.0. The largest absolute Gasteiger partial charge is 0.458 e. The molecule has 1 aromatic carbocycles. The standard InChI is InChI=1S/C11H12F5N/c12-10(13,11(14,15)16)9-5-1-3-8(7-9)4-2-6-17/h1,3,5,7H,2,4,6,17H2. The van der Waals surface area contributed by atoms with Gasteiger partial charge in [0.25, 0.3) is 0 Å². The Balaban J connectivity index is 2.99. The smallest absolute Gasteiger partial charge is 0.330 e. The van der Waals surface area contributed by atoms with E-state index in [1.54, 1.807) is 0 Å². The predicted molar refractivity (Wildman–Crippen MR) is 53.8 cm³/mol. The number of hydrogen-bond acceptors (Lipinski definition) is 1. The molecule has 0 atom stereocenters. The van der Waals surface area contributed by atoms with E-state index in [0.29, 0.717) is 24.9 Å². The minimum atomic E-state index is -5.57. The second kappa shape index (κ2) is 5.00. The fourth-order valence-electron chi connectivity index (χ4n) is 1.39. The van der Waals surface area contributed by atoms with Crippen molar-refractivity contribution >= 4 is 0 Å². The van der Waals surface area contributed by atoms with E-state index in [2.05, 4.69) is 0 Å². The second-order valence-corrected chi connectivity index (χ2v) is 3.66. The zero-order valence-corrected chi connectivity index (χ0v) is 8.90. The van der Waals surface area contributed by atoms with Crippen molar-refractivity contribution in [3.05, 3.63) is 35.4 Å². The molecule has 0 amide bonds. The van der Waals surface area contributed by atoms with Crippen LogP contribution < -0.4 is 5.73 Å². The molecule has 0 bridgehead atoms. The highest BCUT2D eigenvalue weighted by Gasteiger charge is 2.58. The van der Waals surface area contributed by atoms with Crippen molar-refractivity contribution < 1.29 is 22.0 Å². The van der Waals surface area contributed by atoms with Gasteiger partial charge in [-0.2, -0.15) is 22.0 Å². The van der Waals surface area contributed by atoms with E-state index in [4.69, 9.17) is 5.73 Å². The molecule has 0 aromatic heterocycles. The van der Waals surface area contributed by atoms with Crippen LogP contribution in [0.1, 0.15) is 17.5 Å². The summed E-state index contributed by atoms with van der Waals surface area (Å²) in [6.07, 6.45) is -4.64. The third-order valence-electron chi connectivity index (χ3n) is 2.32. The van der Waals surface area contributed by atoms with Crippen LogP contribution in [0.15, 0.2) is 24.3 Å². The van der Waals surface area contributed by atoms with Gasteiger partial charge in [0.05, 0.1) is 0 Å². The minimum Gasteiger partial charge on any atom is -0.330 e. The third kappa shape index (κ3) is 3.15. The van der Waals surface area contributed by atoms with E-state index in [-0.39, 0.29) is 0 Å². The molecule has 0 aliphatic carbocycles. The summed E-state index contributed by atoms with van der Waals surface area (Å²) in [6.45, 7) is 0.361. The number of alkyl halides is 5. The van der Waals surface area contributed by atoms with Crippen molar-refractivity contribution in [3.63, 3.8) is 0 Å². The fraction of sp³-hybridized carbons (Fsp3) is 0.455. The molecule has 6 heteroatoms. The Bertz CT molecular complexity index is 372. The number of rotatable bonds is 4. The molecule has 2 N–H and O–H groups in total. The second-order valence-electron chi connectivity index (χ2n) is 3.66. The van der Waals surface area contributed by atoms with E-state index in [9.17, 15) is 22.0 Å². The van der Waals surface area contributed by atoms with Gasteiger partial charge in [-0.25, -0.2) is 0 Å². The molecule has 0 fully saturated rings. The quantitative estimate of drug-likeness (QED) is 0.819. The van der Waals surface area contributed by atoms with Crippen LogP contribution in [0.5, 0.6) is 0 Å². The van der Waals surface area contributed by atoms with Gasteiger partial charge in [-0.05, 0) is 31.0 Å². The Labute approximate surface area is 95.4 Å². The van der Waals surface area contributed by atoms with Crippen LogP contribution in [0.2, 0.25) is 0 Å². The monoisotopic (exact) mass is 253 g/mol. The summed E-state index contributed by atoms with van der Waals surface area (Å²) in [6, 6.07) is 4.36. The third-order valence-corrected chi connectivity index (χ3v) is 2.32. The molecule has 1 nitrogen and oxygen atoms in total. The first kappa shape index (κ1) is 13.9. The lowest BCUT2D eigenvalue weighted by Crippen LogP contribution is -2.33. The summed E-state index contributed by atoms with van der Waals surface area (Å²) < 4.78 is 62.4. The Morgan fingerprint density at radius 2 is 1.71 bits per heavy atom. The zero-order valence-electron chi connectivity index (χ0n) is 8.90. The molecular weight excluding hydrogens is 241 g/mol. The van der Waals surface area contributed by atoms with Crippen LogP contribution in [-0.2, 0) is 12.3 Å². The van der Waals surface area contributed by atoms with Crippen LogP contribution in [0.3, 0.4) is 0 Å². The fourth-order valence-corrected chi connectivity index (χ4v) is 1.39. The first-order valence-corrected chi connectivity index (χ1v) is 5.03. The van der Waals surface area contributed by atoms with Crippen LogP contribution >= 0.6 is 0 Å². The van der Waals surface area contributed by atoms with Gasteiger partial charge in [-0.15, -0.1) is 0 Å². The van der Waals surface area contributed by atoms with E-state index >= 15 is 0 Å². The molecule has 0 aliphatic rings. The van der Waals surface area contributed by atoms with Gasteiger partial charge in [0.15, 0.2) is 0 Å². The van der Waals surface area contributed by atoms with Crippen LogP contribution in [0.4, 0.5) is 22.0 Å². The molecule has 1 aromatic rings. The topological polar surface area (TPSA) is 26.0 Å². The maximum Gasteiger partial charge on any atom is 0.458 e. The molecule has 0 saturated carbocycles. The number of hydrogen-bond donors (Lipinski definition) is 1. The SMILES string of the molecule is NCCCc1cccc(C(F)(F)C(F)(F)F)c1. The average Bonchev–Trinajstić information content (AvgIpc) is 2.25. The molecule has 1 rings (SSSR count). The predicted octanol–water partition coefficient (Wildman–Crippen LogP) is 3.23. The Morgan fingerprint density at radius 3 is 2.24 bits per heavy atom. The lowest BCUT2D eigenvalue weighted by Gasteiger charge is -2.20. The van der Waals surface area contributed by atoms with Crippen LogP contribution in [-0.4, -0.2) is 12.7 Å². The Kier molecular flexibility index (Phi) is 4.08. The normalized spacial score (nSPS) is 12.8. The molecule has 0 heterocycles. The molecule has 96 valence electrons. The number of halogens is 5. The van der Waals surface area contributed by atoms with Crippen molar-refractivity contribution in [1.82, 2.24) is 0 Å². The number of aryl methyl sites for hydroxylation is 1. The highest BCUT2D eigenvalue weighted by molar-refractivity contribution is 5.28. The summed E-state index contributed by atoms with van der Waals surface area (Å²) in [4.78, 5) is 0. The lowest BCUT2D eigenvalue weighted by atomic mass is 10.0. The van der Waals surface area contributed by atoms with E-state index < -0.39 is 17.7 Å². The van der Waals surface area contributed by atoms with Gasteiger partial charge in [0, 0.05) is 5.56 Å². The molecule has 0 aliphatic heterocycles. The van der Waals surface area contributed by atoms with E-state index in [1.165, 1.54) is 12.1 Å². The summed E-state index contributed by atoms with van der Waals surface area (Å²) in [5.74, 6) is -4.81. The molecule has 0 saturated heterocycles. The summed E-state index contributed by atoms with van der Waals surface area (Å²) in [5.41, 5.74) is 4.64. The van der Waals surface area contributed by atoms with Gasteiger partial charge < -0.3 is 5.73 Å². The average molecular weight is 253 g/mol. The molecule has 0 unspecified atom stereocenters. The maximum atomic E-state index is 13.0. The number of nitrogens with two attached hydrogens (primary N) is 1. The van der Waals surface area contributed by atoms with Gasteiger partial charge in [0.2, 0.25) is 0 Å². The van der Waals surface area contributed by atoms with Crippen molar-refractivity contribution in [2.24, 2.45) is 5.73 Å². The van der Waals surface area contributed by atoms with Gasteiger partial charge >= 0.3 is 12.1 Å². The van der Waals surface area contributed by atoms with Gasteiger partial charge in [0.1, 0.15) is 0 Å². The van der Waals surface area contributed by atoms with Crippen molar-refractivity contribution in [2.75, 3.05) is 6.54 Å². The van der Waals surface area contributed by atoms with E-state index in [0.717, 1.165) is 12.1 Å². The summed E-state index contributed by atoms with van der Waals surface area (Å²) in [7, 11) is 0. The van der Waals surface area contributed by atoms with Gasteiger partial charge in [-0.3, -0.25) is 0 Å². The molecule has 0 spiro atoms. The lowest BCUT2D eigenvalue weighted by molar-refractivity contribution is -0.289. The Morgan fingerprint density at radius 1 is 1.06 bits per heavy atom. The number of benzene rings is 1. The van der Waals surface area contributed by atoms with Crippen LogP contribution in [0, 0.1) is 0 Å². The zero-order chi connectivity index (χ0) is 13.1. The molecular formula is C11H12F5N. The van der Waals surface area contributed by atoms with Crippen LogP contribution in [0.25, 0.3) is 0 Å². The molecule has 17 heavy (non-hydrogen) atoms. The first-order valence-electron chi connectivity index (χ1n) is 5.03. The van der Waals surface area contributed by atoms with Gasteiger partial charge in [-0.1, -0.05) is 18.2 Å². The highest BCUT2D eigenvalue weighted by Crippen LogP contribution is 2.43. The minimum absolute atomic E-state index is 0.361. The Hall–Kier alpha value is -1.17. The summed E-state index contributed by atoms with van der Waals surface area (Å²) in [5, 5.41) is 0.